The van der Waals surface area contributed by atoms with Crippen LogP contribution in [-0.2, 0) is 14.3 Å². The maximum atomic E-state index is 12.6. The highest BCUT2D eigenvalue weighted by atomic mass is 16.5. The Bertz CT molecular complexity index is 1120. The number of benzene rings is 2. The minimum Gasteiger partial charge on any atom is -0.480 e. The van der Waals surface area contributed by atoms with E-state index >= 15 is 0 Å². The maximum Gasteiger partial charge on any atom is 0.407 e. The molecule has 2 fully saturated rings. The zero-order valence-corrected chi connectivity index (χ0v) is 19.5. The summed E-state index contributed by atoms with van der Waals surface area (Å²) in [6, 6.07) is 15.5. The van der Waals surface area contributed by atoms with Gasteiger partial charge in [0.15, 0.2) is 0 Å². The number of rotatable bonds is 8. The number of amides is 2. The Morgan fingerprint density at radius 2 is 1.69 bits per heavy atom. The van der Waals surface area contributed by atoms with E-state index in [2.05, 4.69) is 41.5 Å². The van der Waals surface area contributed by atoms with Crippen molar-refractivity contribution in [2.24, 2.45) is 17.8 Å². The third kappa shape index (κ3) is 4.43. The second-order valence-corrected chi connectivity index (χ2v) is 9.83. The minimum absolute atomic E-state index is 0.0135. The molecule has 0 radical (unpaired) electrons. The van der Waals surface area contributed by atoms with Crippen LogP contribution in [0.5, 0.6) is 0 Å². The number of carboxylic acids is 1. The van der Waals surface area contributed by atoms with E-state index < -0.39 is 18.1 Å². The number of carbonyl (C=O) groups excluding carboxylic acids is 2. The number of carbonyl (C=O) groups is 3. The minimum atomic E-state index is -1.06. The van der Waals surface area contributed by atoms with Crippen LogP contribution in [0.2, 0.25) is 0 Å². The molecular weight excluding hydrogens is 444 g/mol. The SMILES string of the molecule is C=CCC(NC(=O)C1C[C@H]2C[C@@H](NC(=O)OCC3c4ccccc4-c4ccccc43)[C@H]2C1)C(=O)O. The highest BCUT2D eigenvalue weighted by Gasteiger charge is 2.50. The second-order valence-electron chi connectivity index (χ2n) is 9.83. The molecule has 3 N–H and O–H groups in total. The van der Waals surface area contributed by atoms with E-state index in [0.717, 1.165) is 12.8 Å². The van der Waals surface area contributed by atoms with Crippen molar-refractivity contribution in [2.75, 3.05) is 6.61 Å². The summed E-state index contributed by atoms with van der Waals surface area (Å²) in [6.07, 6.45) is 3.43. The third-order valence-corrected chi connectivity index (χ3v) is 7.86. The molecule has 2 saturated carbocycles. The molecule has 0 aromatic heterocycles. The Morgan fingerprint density at radius 1 is 1.03 bits per heavy atom. The number of nitrogens with one attached hydrogen (secondary N) is 2. The highest BCUT2D eigenvalue weighted by Crippen LogP contribution is 2.50. The Morgan fingerprint density at radius 3 is 2.31 bits per heavy atom. The predicted molar refractivity (Wildman–Crippen MR) is 131 cm³/mol. The van der Waals surface area contributed by atoms with Gasteiger partial charge >= 0.3 is 12.1 Å². The average molecular weight is 475 g/mol. The first-order chi connectivity index (χ1) is 17.0. The second kappa shape index (κ2) is 9.56. The van der Waals surface area contributed by atoms with Crippen molar-refractivity contribution < 1.29 is 24.2 Å². The summed E-state index contributed by atoms with van der Waals surface area (Å²) in [6.45, 7) is 3.82. The van der Waals surface area contributed by atoms with Crippen molar-refractivity contribution in [3.63, 3.8) is 0 Å². The molecule has 2 aromatic rings. The van der Waals surface area contributed by atoms with Gasteiger partial charge in [-0.05, 0) is 59.8 Å². The molecule has 0 saturated heterocycles. The van der Waals surface area contributed by atoms with Crippen molar-refractivity contribution >= 4 is 18.0 Å². The fourth-order valence-corrected chi connectivity index (χ4v) is 6.08. The van der Waals surface area contributed by atoms with Crippen LogP contribution in [0.4, 0.5) is 4.79 Å². The van der Waals surface area contributed by atoms with Crippen LogP contribution >= 0.6 is 0 Å². The lowest BCUT2D eigenvalue weighted by Crippen LogP contribution is -2.50. The average Bonchev–Trinajstić information content (AvgIpc) is 3.36. The van der Waals surface area contributed by atoms with E-state index in [9.17, 15) is 19.5 Å². The molecule has 3 aliphatic carbocycles. The quantitative estimate of drug-likeness (QED) is 0.500. The first-order valence-electron chi connectivity index (χ1n) is 12.2. The lowest BCUT2D eigenvalue weighted by molar-refractivity contribution is -0.142. The predicted octanol–water partition coefficient (Wildman–Crippen LogP) is 4.09. The van der Waals surface area contributed by atoms with E-state index in [1.807, 2.05) is 24.3 Å². The largest absolute Gasteiger partial charge is 0.480 e. The van der Waals surface area contributed by atoms with E-state index in [1.54, 1.807) is 0 Å². The van der Waals surface area contributed by atoms with Gasteiger partial charge < -0.3 is 20.5 Å². The number of aliphatic carboxylic acids is 1. The van der Waals surface area contributed by atoms with Crippen molar-refractivity contribution in [1.82, 2.24) is 10.6 Å². The lowest BCUT2D eigenvalue weighted by atomic mass is 9.71. The zero-order valence-electron chi connectivity index (χ0n) is 19.5. The standard InChI is InChI=1S/C28H30N2O5/c1-2-7-24(27(32)33)29-26(31)17-12-16-14-25(22(16)13-17)30-28(34)35-15-23-20-10-5-3-8-18(20)19-9-4-6-11-21(19)23/h2-6,8-11,16-17,22-25H,1,7,12-15H2,(H,29,31)(H,30,34)(H,32,33)/t16-,17?,22-,24?,25+/m0/s1. The van der Waals surface area contributed by atoms with Gasteiger partial charge in [-0.2, -0.15) is 0 Å². The first kappa shape index (κ1) is 23.1. The van der Waals surface area contributed by atoms with Gasteiger partial charge in [0.1, 0.15) is 12.6 Å². The van der Waals surface area contributed by atoms with E-state index in [0.29, 0.717) is 12.3 Å². The number of alkyl carbamates (subject to hydrolysis) is 1. The zero-order chi connectivity index (χ0) is 24.5. The van der Waals surface area contributed by atoms with Crippen LogP contribution in [0.1, 0.15) is 42.7 Å². The van der Waals surface area contributed by atoms with Crippen molar-refractivity contribution in [2.45, 2.75) is 43.7 Å². The monoisotopic (exact) mass is 474 g/mol. The molecule has 5 atom stereocenters. The van der Waals surface area contributed by atoms with E-state index in [-0.39, 0.29) is 42.7 Å². The number of ether oxygens (including phenoxy) is 1. The van der Waals surface area contributed by atoms with Crippen molar-refractivity contribution in [3.8, 4) is 11.1 Å². The van der Waals surface area contributed by atoms with Crippen molar-refractivity contribution in [1.29, 1.82) is 0 Å². The third-order valence-electron chi connectivity index (χ3n) is 7.86. The van der Waals surface area contributed by atoms with Gasteiger partial charge in [0.2, 0.25) is 5.91 Å². The van der Waals surface area contributed by atoms with Gasteiger partial charge in [-0.1, -0.05) is 54.6 Å². The molecular formula is C28H30N2O5. The summed E-state index contributed by atoms with van der Waals surface area (Å²) in [5.74, 6) is -0.922. The fourth-order valence-electron chi connectivity index (χ4n) is 6.08. The molecule has 5 rings (SSSR count). The molecule has 2 aromatic carbocycles. The molecule has 2 amide bonds. The molecule has 182 valence electrons. The number of fused-ring (bicyclic) bond motifs is 4. The smallest absolute Gasteiger partial charge is 0.407 e. The maximum absolute atomic E-state index is 12.6. The summed E-state index contributed by atoms with van der Waals surface area (Å²) in [7, 11) is 0. The molecule has 7 heteroatoms. The van der Waals surface area contributed by atoms with Gasteiger partial charge in [0, 0.05) is 17.9 Å². The Labute approximate surface area is 204 Å². The van der Waals surface area contributed by atoms with Gasteiger partial charge in [-0.25, -0.2) is 9.59 Å². The van der Waals surface area contributed by atoms with Crippen LogP contribution < -0.4 is 10.6 Å². The van der Waals surface area contributed by atoms with Crippen LogP contribution in [0, 0.1) is 17.8 Å². The van der Waals surface area contributed by atoms with Gasteiger partial charge in [0.05, 0.1) is 0 Å². The molecule has 0 spiro atoms. The van der Waals surface area contributed by atoms with Crippen LogP contribution in [0.3, 0.4) is 0 Å². The van der Waals surface area contributed by atoms with Gasteiger partial charge in [0.25, 0.3) is 0 Å². The lowest BCUT2D eigenvalue weighted by Gasteiger charge is -2.40. The summed E-state index contributed by atoms with van der Waals surface area (Å²) in [5.41, 5.74) is 4.72. The number of carboxylic acid groups (broad SMARTS) is 1. The summed E-state index contributed by atoms with van der Waals surface area (Å²) < 4.78 is 5.67. The van der Waals surface area contributed by atoms with Gasteiger partial charge in [-0.15, -0.1) is 6.58 Å². The highest BCUT2D eigenvalue weighted by molar-refractivity contribution is 5.85. The molecule has 35 heavy (non-hydrogen) atoms. The molecule has 0 aliphatic heterocycles. The summed E-state index contributed by atoms with van der Waals surface area (Å²) in [4.78, 5) is 36.6. The number of hydrogen-bond donors (Lipinski definition) is 3. The number of hydrogen-bond acceptors (Lipinski definition) is 4. The van der Waals surface area contributed by atoms with Crippen LogP contribution in [0.25, 0.3) is 11.1 Å². The Hall–Kier alpha value is -3.61. The molecule has 7 nitrogen and oxygen atoms in total. The topological polar surface area (TPSA) is 105 Å². The normalized spacial score (nSPS) is 24.8. The van der Waals surface area contributed by atoms with Crippen LogP contribution in [0.15, 0.2) is 61.2 Å². The van der Waals surface area contributed by atoms with Crippen LogP contribution in [-0.4, -0.2) is 41.8 Å². The molecule has 0 bridgehead atoms. The molecule has 0 heterocycles. The first-order valence-corrected chi connectivity index (χ1v) is 12.2. The van der Waals surface area contributed by atoms with E-state index in [4.69, 9.17) is 4.74 Å². The van der Waals surface area contributed by atoms with Crippen molar-refractivity contribution in [3.05, 3.63) is 72.3 Å². The van der Waals surface area contributed by atoms with Gasteiger partial charge in [-0.3, -0.25) is 4.79 Å². The Kier molecular flexibility index (Phi) is 6.32. The Balaban J connectivity index is 1.13. The molecule has 3 aliphatic rings. The summed E-state index contributed by atoms with van der Waals surface area (Å²) in [5, 5.41) is 14.9. The van der Waals surface area contributed by atoms with E-state index in [1.165, 1.54) is 28.3 Å². The fraction of sp³-hybridized carbons (Fsp3) is 0.393. The summed E-state index contributed by atoms with van der Waals surface area (Å²) >= 11 is 0. The molecule has 2 unspecified atom stereocenters.